The van der Waals surface area contributed by atoms with Crippen LogP contribution >= 0.6 is 11.8 Å². The van der Waals surface area contributed by atoms with Gasteiger partial charge < -0.3 is 33.5 Å². The smallest absolute Gasteiger partial charge is 0.417 e. The van der Waals surface area contributed by atoms with E-state index in [1.165, 1.54) is 66.1 Å². The number of phenols is 1. The van der Waals surface area contributed by atoms with E-state index in [0.29, 0.717) is 75.4 Å². The molecule has 0 spiro atoms. The van der Waals surface area contributed by atoms with Crippen molar-refractivity contribution in [3.05, 3.63) is 233 Å². The highest BCUT2D eigenvalue weighted by Crippen LogP contribution is 2.34. The highest BCUT2D eigenvalue weighted by Gasteiger charge is 2.15. The topological polar surface area (TPSA) is 236 Å². The maximum atomic E-state index is 11.6. The molecule has 0 atom stereocenters. The Hall–Kier alpha value is -10.3. The second-order valence-electron chi connectivity index (χ2n) is 18.1. The van der Waals surface area contributed by atoms with Crippen molar-refractivity contribution >= 4 is 70.0 Å². The van der Waals surface area contributed by atoms with E-state index in [2.05, 4.69) is 10.6 Å². The number of benzene rings is 8. The number of aromatic hydroxyl groups is 1. The summed E-state index contributed by atoms with van der Waals surface area (Å²) < 4.78 is 30.7. The van der Waals surface area contributed by atoms with Crippen LogP contribution in [0.15, 0.2) is 199 Å². The Bertz CT molecular complexity index is 3470. The summed E-state index contributed by atoms with van der Waals surface area (Å²) in [6, 6.07) is 56.3. The monoisotopic (exact) mass is 1200 g/mol. The molecule has 0 saturated heterocycles. The van der Waals surface area contributed by atoms with Gasteiger partial charge in [0.15, 0.2) is 46.2 Å². The fourth-order valence-electron chi connectivity index (χ4n) is 6.96. The molecule has 0 aliphatic carbocycles. The first-order chi connectivity index (χ1) is 41.6. The van der Waals surface area contributed by atoms with E-state index in [4.69, 9.17) is 33.5 Å². The lowest BCUT2D eigenvalue weighted by Gasteiger charge is -2.12. The highest BCUT2D eigenvalue weighted by molar-refractivity contribution is 7.98. The SMILES string of the molecule is CC(=O)c1ccc(O)cc1.CC(=O)c1ccc(OC(=O)Nc2ccccc2)cc1.CC(=O)c1ccc(OCc2ccccc2)cc1.CCOC(=O)Nc1ccc(C(C)=O)cc1.COc1cc(OC)c(C(C)=O)cc1OC.CSc1ccc(C(C)=O)cc1. The molecule has 2 amide bonds. The average Bonchev–Trinajstić information content (AvgIpc) is 3.66. The van der Waals surface area contributed by atoms with Crippen LogP contribution < -0.4 is 34.3 Å². The van der Waals surface area contributed by atoms with Crippen LogP contribution in [-0.4, -0.2) is 86.2 Å². The predicted octanol–water partition coefficient (Wildman–Crippen LogP) is 15.5. The maximum Gasteiger partial charge on any atom is 0.417 e. The summed E-state index contributed by atoms with van der Waals surface area (Å²) in [5.74, 6) is 2.99. The minimum absolute atomic E-state index is 0.00214. The van der Waals surface area contributed by atoms with Gasteiger partial charge in [-0.3, -0.25) is 39.4 Å². The molecule has 0 aliphatic heterocycles. The molecule has 3 N–H and O–H groups in total. The molecule has 0 bridgehead atoms. The number of ether oxygens (including phenoxy) is 6. The van der Waals surface area contributed by atoms with Crippen LogP contribution in [0.5, 0.6) is 34.5 Å². The number of nitrogens with one attached hydrogen (secondary N) is 2. The third kappa shape index (κ3) is 26.9. The Balaban J connectivity index is 0.000000276. The molecule has 0 heterocycles. The third-order valence-electron chi connectivity index (χ3n) is 11.7. The van der Waals surface area contributed by atoms with Crippen LogP contribution in [0.3, 0.4) is 0 Å². The van der Waals surface area contributed by atoms with E-state index in [0.717, 1.165) is 16.9 Å². The summed E-state index contributed by atoms with van der Waals surface area (Å²) in [5.41, 5.74) is 6.18. The average molecular weight is 1200 g/mol. The molecule has 0 fully saturated rings. The minimum atomic E-state index is -0.568. The fourth-order valence-corrected chi connectivity index (χ4v) is 7.36. The van der Waals surface area contributed by atoms with Gasteiger partial charge in [0, 0.05) is 50.2 Å². The maximum absolute atomic E-state index is 11.6. The highest BCUT2D eigenvalue weighted by atomic mass is 32.2. The van der Waals surface area contributed by atoms with E-state index in [9.17, 15) is 38.4 Å². The number of para-hydroxylation sites is 1. The number of rotatable bonds is 17. The van der Waals surface area contributed by atoms with Crippen molar-refractivity contribution in [1.82, 2.24) is 0 Å². The molecular formula is C69H72N2O15S. The number of ketones is 6. The molecule has 0 aliphatic rings. The Morgan fingerprint density at radius 1 is 0.425 bits per heavy atom. The number of phenolic OH excluding ortho intramolecular Hbond substituents is 1. The molecule has 8 aromatic carbocycles. The van der Waals surface area contributed by atoms with Crippen LogP contribution in [0.2, 0.25) is 0 Å². The van der Waals surface area contributed by atoms with Gasteiger partial charge in [-0.15, -0.1) is 11.8 Å². The van der Waals surface area contributed by atoms with Gasteiger partial charge >= 0.3 is 12.2 Å². The molecular weight excluding hydrogens is 1130 g/mol. The van der Waals surface area contributed by atoms with Gasteiger partial charge in [0.05, 0.1) is 33.5 Å². The predicted molar refractivity (Wildman–Crippen MR) is 339 cm³/mol. The largest absolute Gasteiger partial charge is 0.508 e. The summed E-state index contributed by atoms with van der Waals surface area (Å²) in [5, 5.41) is 14.0. The zero-order valence-electron chi connectivity index (χ0n) is 50.5. The van der Waals surface area contributed by atoms with Crippen LogP contribution in [0.1, 0.15) is 116 Å². The molecule has 0 radical (unpaired) electrons. The number of thioether (sulfide) groups is 1. The third-order valence-corrected chi connectivity index (χ3v) is 12.4. The van der Waals surface area contributed by atoms with Gasteiger partial charge in [-0.1, -0.05) is 60.7 Å². The van der Waals surface area contributed by atoms with Crippen molar-refractivity contribution in [3.63, 3.8) is 0 Å². The Labute approximate surface area is 512 Å². The molecule has 0 unspecified atom stereocenters. The Morgan fingerprint density at radius 2 is 0.805 bits per heavy atom. The number of amides is 2. The summed E-state index contributed by atoms with van der Waals surface area (Å²) in [6.07, 6.45) is 0.956. The Morgan fingerprint density at radius 3 is 1.22 bits per heavy atom. The normalized spacial score (nSPS) is 9.64. The molecule has 8 aromatic rings. The number of carbonyl (C=O) groups is 8. The summed E-state index contributed by atoms with van der Waals surface area (Å²) in [7, 11) is 4.56. The molecule has 0 aromatic heterocycles. The van der Waals surface area contributed by atoms with Crippen LogP contribution in [0.25, 0.3) is 0 Å². The first-order valence-corrected chi connectivity index (χ1v) is 28.1. The van der Waals surface area contributed by atoms with Crippen LogP contribution in [-0.2, 0) is 11.3 Å². The second-order valence-corrected chi connectivity index (χ2v) is 19.0. The number of hydrogen-bond donors (Lipinski definition) is 3. The van der Waals surface area contributed by atoms with Crippen LogP contribution in [0.4, 0.5) is 21.0 Å². The van der Waals surface area contributed by atoms with Crippen molar-refractivity contribution < 1.29 is 71.9 Å². The van der Waals surface area contributed by atoms with E-state index in [1.807, 2.05) is 91.2 Å². The lowest BCUT2D eigenvalue weighted by Crippen LogP contribution is -2.16. The van der Waals surface area contributed by atoms with Gasteiger partial charge in [-0.2, -0.15) is 0 Å². The van der Waals surface area contributed by atoms with Crippen molar-refractivity contribution in [2.75, 3.05) is 44.8 Å². The number of methoxy groups -OCH3 is 3. The molecule has 17 nitrogen and oxygen atoms in total. The zero-order chi connectivity index (χ0) is 64.3. The summed E-state index contributed by atoms with van der Waals surface area (Å²) in [6.45, 7) is 11.7. The van der Waals surface area contributed by atoms with Crippen molar-refractivity contribution in [2.24, 2.45) is 0 Å². The fraction of sp³-hybridized carbons (Fsp3) is 0.188. The Kier molecular flexibility index (Phi) is 31.4. The summed E-state index contributed by atoms with van der Waals surface area (Å²) in [4.78, 5) is 89.8. The zero-order valence-corrected chi connectivity index (χ0v) is 51.3. The lowest BCUT2D eigenvalue weighted by atomic mass is 10.1. The van der Waals surface area contributed by atoms with E-state index in [-0.39, 0.29) is 40.4 Å². The quantitative estimate of drug-likeness (QED) is 0.0568. The molecule has 87 heavy (non-hydrogen) atoms. The second kappa shape index (κ2) is 38.5. The van der Waals surface area contributed by atoms with Gasteiger partial charge in [-0.05, 0) is 188 Å². The van der Waals surface area contributed by atoms with E-state index < -0.39 is 12.2 Å². The van der Waals surface area contributed by atoms with E-state index in [1.54, 1.807) is 130 Å². The van der Waals surface area contributed by atoms with Gasteiger partial charge in [0.25, 0.3) is 0 Å². The van der Waals surface area contributed by atoms with Gasteiger partial charge in [-0.25, -0.2) is 9.59 Å². The number of hydrogen-bond acceptors (Lipinski definition) is 16. The molecule has 454 valence electrons. The van der Waals surface area contributed by atoms with Crippen molar-refractivity contribution in [2.45, 2.75) is 60.0 Å². The van der Waals surface area contributed by atoms with E-state index >= 15 is 0 Å². The molecule has 0 saturated carbocycles. The number of Topliss-reactive ketones (excluding diaryl/α,β-unsaturated/α-hetero) is 6. The first kappa shape index (κ1) is 70.9. The van der Waals surface area contributed by atoms with Crippen molar-refractivity contribution in [1.29, 1.82) is 0 Å². The molecule has 8 rings (SSSR count). The number of carbonyl (C=O) groups excluding carboxylic acids is 8. The van der Waals surface area contributed by atoms with Crippen molar-refractivity contribution in [3.8, 4) is 34.5 Å². The first-order valence-electron chi connectivity index (χ1n) is 26.8. The standard InChI is InChI=1S/C15H13NO3.C15H14O2.C11H13NO3.C11H14O4.C9H10OS.C8H8O2/c1-11(17)12-7-9-14(10-8-12)19-15(18)16-13-5-3-2-4-6-13;1-12(16)14-7-9-15(10-8-14)17-11-13-5-3-2-4-6-13;1-3-15-11(14)12-10-6-4-9(5-7-10)8(2)13;1-7(12)8-5-10(14-3)11(15-4)6-9(8)13-2;1-7(10)8-3-5-9(11-2)6-4-8;1-6(9)7-2-4-8(10)5-3-7/h2-10H,1H3,(H,16,18);2-10H,11H2,1H3;4-7H,3H2,1-2H3,(H,12,14);5-6H,1-4H3;3-6H,1-2H3;2-5,10H,1H3. The van der Waals surface area contributed by atoms with Gasteiger partial charge in [0.1, 0.15) is 29.6 Å². The number of anilines is 2. The minimum Gasteiger partial charge on any atom is -0.508 e. The lowest BCUT2D eigenvalue weighted by molar-refractivity contribution is 0.100. The molecule has 18 heteroatoms. The van der Waals surface area contributed by atoms with Gasteiger partial charge in [0.2, 0.25) is 0 Å². The van der Waals surface area contributed by atoms with Crippen LogP contribution in [0, 0.1) is 0 Å². The summed E-state index contributed by atoms with van der Waals surface area (Å²) >= 11 is 1.68.